The van der Waals surface area contributed by atoms with Crippen molar-refractivity contribution in [3.8, 4) is 0 Å². The quantitative estimate of drug-likeness (QED) is 0.862. The van der Waals surface area contributed by atoms with Crippen molar-refractivity contribution in [3.05, 3.63) is 29.7 Å². The molecule has 92 valence electrons. The Balaban J connectivity index is 2.25. The SMILES string of the molecule is CCc1ccc2oc(CC(CC)CN)nc2c1. The fourth-order valence-corrected chi connectivity index (χ4v) is 1.97. The number of hydrogen-bond donors (Lipinski definition) is 1. The van der Waals surface area contributed by atoms with Crippen molar-refractivity contribution in [2.75, 3.05) is 6.54 Å². The Morgan fingerprint density at radius 1 is 1.35 bits per heavy atom. The van der Waals surface area contributed by atoms with Gasteiger partial charge in [0.05, 0.1) is 0 Å². The molecule has 0 amide bonds. The smallest absolute Gasteiger partial charge is 0.195 e. The van der Waals surface area contributed by atoms with E-state index in [0.29, 0.717) is 12.5 Å². The van der Waals surface area contributed by atoms with Crippen LogP contribution in [0.4, 0.5) is 0 Å². The highest BCUT2D eigenvalue weighted by Crippen LogP contribution is 2.20. The first-order valence-electron chi connectivity index (χ1n) is 6.35. The summed E-state index contributed by atoms with van der Waals surface area (Å²) in [5.41, 5.74) is 8.84. The van der Waals surface area contributed by atoms with Gasteiger partial charge in [0.2, 0.25) is 0 Å². The van der Waals surface area contributed by atoms with Gasteiger partial charge in [-0.1, -0.05) is 26.3 Å². The van der Waals surface area contributed by atoms with Crippen molar-refractivity contribution in [1.29, 1.82) is 0 Å². The minimum atomic E-state index is 0.466. The highest BCUT2D eigenvalue weighted by atomic mass is 16.3. The normalized spacial score (nSPS) is 13.1. The average molecular weight is 232 g/mol. The van der Waals surface area contributed by atoms with Crippen LogP contribution in [0.15, 0.2) is 22.6 Å². The van der Waals surface area contributed by atoms with E-state index in [-0.39, 0.29) is 0 Å². The Morgan fingerprint density at radius 2 is 2.18 bits per heavy atom. The number of benzene rings is 1. The van der Waals surface area contributed by atoms with E-state index in [4.69, 9.17) is 10.2 Å². The van der Waals surface area contributed by atoms with Crippen molar-refractivity contribution >= 4 is 11.1 Å². The molecule has 1 heterocycles. The third kappa shape index (κ3) is 2.67. The molecule has 1 atom stereocenters. The first kappa shape index (κ1) is 12.1. The Kier molecular flexibility index (Phi) is 3.79. The van der Waals surface area contributed by atoms with Crippen molar-refractivity contribution in [1.82, 2.24) is 4.98 Å². The van der Waals surface area contributed by atoms with Crippen molar-refractivity contribution in [3.63, 3.8) is 0 Å². The molecule has 3 nitrogen and oxygen atoms in total. The number of nitrogens with zero attached hydrogens (tertiary/aromatic N) is 1. The summed E-state index contributed by atoms with van der Waals surface area (Å²) < 4.78 is 5.74. The zero-order valence-corrected chi connectivity index (χ0v) is 10.6. The first-order chi connectivity index (χ1) is 8.26. The van der Waals surface area contributed by atoms with Gasteiger partial charge in [0, 0.05) is 6.42 Å². The van der Waals surface area contributed by atoms with Crippen LogP contribution < -0.4 is 5.73 Å². The maximum atomic E-state index is 5.74. The molecular formula is C14H20N2O. The van der Waals surface area contributed by atoms with Crippen LogP contribution in [0.5, 0.6) is 0 Å². The summed E-state index contributed by atoms with van der Waals surface area (Å²) in [7, 11) is 0. The maximum absolute atomic E-state index is 5.74. The van der Waals surface area contributed by atoms with Crippen LogP contribution in [0.3, 0.4) is 0 Å². The van der Waals surface area contributed by atoms with E-state index >= 15 is 0 Å². The first-order valence-corrected chi connectivity index (χ1v) is 6.35. The summed E-state index contributed by atoms with van der Waals surface area (Å²) in [4.78, 5) is 4.53. The second-order valence-corrected chi connectivity index (χ2v) is 4.48. The molecule has 0 fully saturated rings. The van der Waals surface area contributed by atoms with E-state index < -0.39 is 0 Å². The van der Waals surface area contributed by atoms with Crippen molar-refractivity contribution < 1.29 is 4.42 Å². The van der Waals surface area contributed by atoms with Crippen LogP contribution in [-0.2, 0) is 12.8 Å². The number of aryl methyl sites for hydroxylation is 1. The molecule has 0 saturated heterocycles. The molecule has 0 saturated carbocycles. The fraction of sp³-hybridized carbons (Fsp3) is 0.500. The van der Waals surface area contributed by atoms with E-state index in [1.165, 1.54) is 5.56 Å². The van der Waals surface area contributed by atoms with Crippen LogP contribution >= 0.6 is 0 Å². The number of hydrogen-bond acceptors (Lipinski definition) is 3. The Hall–Kier alpha value is -1.35. The second kappa shape index (κ2) is 5.32. The average Bonchev–Trinajstić information content (AvgIpc) is 2.76. The van der Waals surface area contributed by atoms with Crippen LogP contribution in [-0.4, -0.2) is 11.5 Å². The third-order valence-electron chi connectivity index (χ3n) is 3.28. The number of fused-ring (bicyclic) bond motifs is 1. The minimum Gasteiger partial charge on any atom is -0.441 e. The standard InChI is InChI=1S/C14H20N2O/c1-3-10-5-6-13-12(7-10)16-14(17-13)8-11(4-2)9-15/h5-7,11H,3-4,8-9,15H2,1-2H3. The van der Waals surface area contributed by atoms with E-state index in [1.807, 2.05) is 6.07 Å². The van der Waals surface area contributed by atoms with Gasteiger partial charge in [0.15, 0.2) is 11.5 Å². The van der Waals surface area contributed by atoms with E-state index in [1.54, 1.807) is 0 Å². The predicted molar refractivity (Wildman–Crippen MR) is 69.9 cm³/mol. The number of rotatable bonds is 5. The number of oxazole rings is 1. The molecule has 1 unspecified atom stereocenters. The lowest BCUT2D eigenvalue weighted by molar-refractivity contribution is 0.438. The Labute approximate surface area is 102 Å². The van der Waals surface area contributed by atoms with Gasteiger partial charge >= 0.3 is 0 Å². The van der Waals surface area contributed by atoms with E-state index in [0.717, 1.165) is 36.3 Å². The number of nitrogens with two attached hydrogens (primary N) is 1. The van der Waals surface area contributed by atoms with Crippen LogP contribution in [0, 0.1) is 5.92 Å². The molecule has 2 aromatic rings. The molecule has 3 heteroatoms. The monoisotopic (exact) mass is 232 g/mol. The van der Waals surface area contributed by atoms with Crippen LogP contribution in [0.1, 0.15) is 31.7 Å². The van der Waals surface area contributed by atoms with E-state index in [9.17, 15) is 0 Å². The van der Waals surface area contributed by atoms with Gasteiger partial charge in [0.1, 0.15) is 5.52 Å². The third-order valence-corrected chi connectivity index (χ3v) is 3.28. The lowest BCUT2D eigenvalue weighted by Gasteiger charge is -2.07. The molecule has 1 aromatic heterocycles. The van der Waals surface area contributed by atoms with Gasteiger partial charge in [-0.05, 0) is 36.6 Å². The molecule has 0 bridgehead atoms. The predicted octanol–water partition coefficient (Wildman–Crippen LogP) is 2.92. The van der Waals surface area contributed by atoms with Crippen LogP contribution in [0.2, 0.25) is 0 Å². The zero-order valence-electron chi connectivity index (χ0n) is 10.6. The molecule has 2 N–H and O–H groups in total. The fourth-order valence-electron chi connectivity index (χ4n) is 1.97. The molecule has 0 aliphatic carbocycles. The highest BCUT2D eigenvalue weighted by molar-refractivity contribution is 5.73. The minimum absolute atomic E-state index is 0.466. The van der Waals surface area contributed by atoms with Gasteiger partial charge in [0.25, 0.3) is 0 Å². The summed E-state index contributed by atoms with van der Waals surface area (Å²) in [5, 5.41) is 0. The Bertz CT molecular complexity index is 486. The summed E-state index contributed by atoms with van der Waals surface area (Å²) in [6, 6.07) is 6.21. The second-order valence-electron chi connectivity index (χ2n) is 4.48. The number of aromatic nitrogens is 1. The lowest BCUT2D eigenvalue weighted by Crippen LogP contribution is -2.15. The zero-order chi connectivity index (χ0) is 12.3. The molecule has 0 radical (unpaired) electrons. The Morgan fingerprint density at radius 3 is 2.82 bits per heavy atom. The summed E-state index contributed by atoms with van der Waals surface area (Å²) in [6.07, 6.45) is 2.93. The molecule has 1 aromatic carbocycles. The maximum Gasteiger partial charge on any atom is 0.195 e. The van der Waals surface area contributed by atoms with Crippen LogP contribution in [0.25, 0.3) is 11.1 Å². The molecule has 0 aliphatic heterocycles. The van der Waals surface area contributed by atoms with Gasteiger partial charge in [-0.25, -0.2) is 4.98 Å². The van der Waals surface area contributed by atoms with Gasteiger partial charge < -0.3 is 10.2 Å². The van der Waals surface area contributed by atoms with Crippen molar-refractivity contribution in [2.45, 2.75) is 33.1 Å². The summed E-state index contributed by atoms with van der Waals surface area (Å²) >= 11 is 0. The molecule has 0 spiro atoms. The molecule has 2 rings (SSSR count). The largest absolute Gasteiger partial charge is 0.441 e. The topological polar surface area (TPSA) is 52.0 Å². The lowest BCUT2D eigenvalue weighted by atomic mass is 10.0. The molecule has 17 heavy (non-hydrogen) atoms. The van der Waals surface area contributed by atoms with Gasteiger partial charge in [-0.2, -0.15) is 0 Å². The highest BCUT2D eigenvalue weighted by Gasteiger charge is 2.11. The van der Waals surface area contributed by atoms with Gasteiger partial charge in [-0.15, -0.1) is 0 Å². The molecular weight excluding hydrogens is 212 g/mol. The van der Waals surface area contributed by atoms with E-state index in [2.05, 4.69) is 31.0 Å². The summed E-state index contributed by atoms with van der Waals surface area (Å²) in [6.45, 7) is 4.98. The van der Waals surface area contributed by atoms with Crippen molar-refractivity contribution in [2.24, 2.45) is 11.7 Å². The summed E-state index contributed by atoms with van der Waals surface area (Å²) in [5.74, 6) is 1.28. The van der Waals surface area contributed by atoms with Gasteiger partial charge in [-0.3, -0.25) is 0 Å². The molecule has 0 aliphatic rings.